The molecule has 0 saturated carbocycles. The summed E-state index contributed by atoms with van der Waals surface area (Å²) < 4.78 is 11.0. The van der Waals surface area contributed by atoms with Crippen molar-refractivity contribution in [2.45, 2.75) is 19.4 Å². The lowest BCUT2D eigenvalue weighted by Gasteiger charge is -2.25. The fourth-order valence-corrected chi connectivity index (χ4v) is 4.49. The number of amides is 1. The van der Waals surface area contributed by atoms with Gasteiger partial charge in [-0.1, -0.05) is 19.1 Å². The second-order valence-corrected chi connectivity index (χ2v) is 8.81. The summed E-state index contributed by atoms with van der Waals surface area (Å²) in [7, 11) is 1.51. The highest BCUT2D eigenvalue weighted by Gasteiger charge is 2.47. The summed E-state index contributed by atoms with van der Waals surface area (Å²) >= 11 is 3.38. The first-order valence-electron chi connectivity index (χ1n) is 11.2. The van der Waals surface area contributed by atoms with Crippen LogP contribution in [0.3, 0.4) is 0 Å². The lowest BCUT2D eigenvalue weighted by atomic mass is 9.98. The van der Waals surface area contributed by atoms with Crippen molar-refractivity contribution >= 4 is 45.0 Å². The highest BCUT2D eigenvalue weighted by atomic mass is 79.9. The molecule has 0 spiro atoms. The summed E-state index contributed by atoms with van der Waals surface area (Å²) in [6.45, 7) is 2.15. The molecular formula is C27H23BrN2O6. The Hall–Kier alpha value is -3.98. The Morgan fingerprint density at radius 1 is 1.08 bits per heavy atom. The number of hydrogen-bond donors (Lipinski definition) is 1. The van der Waals surface area contributed by atoms with Crippen molar-refractivity contribution in [3.8, 4) is 5.75 Å². The van der Waals surface area contributed by atoms with Gasteiger partial charge in [-0.25, -0.2) is 4.79 Å². The lowest BCUT2D eigenvalue weighted by molar-refractivity contribution is -0.132. The normalized spacial score (nSPS) is 16.8. The molecule has 1 amide bonds. The van der Waals surface area contributed by atoms with Gasteiger partial charge in [0.2, 0.25) is 0 Å². The Morgan fingerprint density at radius 3 is 2.56 bits per heavy atom. The highest BCUT2D eigenvalue weighted by molar-refractivity contribution is 9.10. The largest absolute Gasteiger partial charge is 0.507 e. The molecule has 1 saturated heterocycles. The van der Waals surface area contributed by atoms with Crippen LogP contribution >= 0.6 is 15.9 Å². The van der Waals surface area contributed by atoms with Gasteiger partial charge in [-0.3, -0.25) is 19.5 Å². The number of benzene rings is 2. The van der Waals surface area contributed by atoms with Crippen molar-refractivity contribution in [2.24, 2.45) is 0 Å². The number of anilines is 1. The first-order valence-corrected chi connectivity index (χ1v) is 12.0. The van der Waals surface area contributed by atoms with E-state index >= 15 is 0 Å². The minimum absolute atomic E-state index is 0.116. The molecule has 1 aromatic heterocycles. The fraction of sp³-hybridized carbons (Fsp3) is 0.185. The van der Waals surface area contributed by atoms with Crippen LogP contribution in [-0.2, 0) is 14.3 Å². The number of ether oxygens (including phenoxy) is 2. The zero-order valence-electron chi connectivity index (χ0n) is 19.6. The monoisotopic (exact) mass is 550 g/mol. The van der Waals surface area contributed by atoms with E-state index in [9.17, 15) is 19.5 Å². The van der Waals surface area contributed by atoms with Crippen molar-refractivity contribution in [3.05, 3.63) is 93.7 Å². The first kappa shape index (κ1) is 25.1. The van der Waals surface area contributed by atoms with Crippen LogP contribution in [0, 0.1) is 0 Å². The molecule has 184 valence electrons. The van der Waals surface area contributed by atoms with Gasteiger partial charge in [-0.15, -0.1) is 0 Å². The van der Waals surface area contributed by atoms with Crippen molar-refractivity contribution in [3.63, 3.8) is 0 Å². The van der Waals surface area contributed by atoms with Gasteiger partial charge in [0, 0.05) is 17.4 Å². The molecule has 3 aromatic rings. The van der Waals surface area contributed by atoms with E-state index < -0.39 is 23.7 Å². The number of aromatic nitrogens is 1. The van der Waals surface area contributed by atoms with E-state index in [0.29, 0.717) is 33.6 Å². The molecule has 1 fully saturated rings. The Balaban J connectivity index is 1.86. The van der Waals surface area contributed by atoms with E-state index in [4.69, 9.17) is 9.47 Å². The molecule has 1 N–H and O–H groups in total. The number of carbonyl (C=O) groups is 3. The topological polar surface area (TPSA) is 106 Å². The van der Waals surface area contributed by atoms with Crippen LogP contribution in [0.4, 0.5) is 5.69 Å². The van der Waals surface area contributed by atoms with Crippen LogP contribution in [0.2, 0.25) is 0 Å². The quantitative estimate of drug-likeness (QED) is 0.190. The van der Waals surface area contributed by atoms with Crippen molar-refractivity contribution in [1.82, 2.24) is 4.98 Å². The van der Waals surface area contributed by atoms with Crippen LogP contribution < -0.4 is 9.64 Å². The third-order valence-corrected chi connectivity index (χ3v) is 6.25. The molecule has 2 heterocycles. The number of aliphatic hydroxyl groups is 1. The highest BCUT2D eigenvalue weighted by Crippen LogP contribution is 2.42. The van der Waals surface area contributed by atoms with Gasteiger partial charge in [0.1, 0.15) is 17.6 Å². The average molecular weight is 551 g/mol. The zero-order chi connectivity index (χ0) is 25.8. The van der Waals surface area contributed by atoms with Gasteiger partial charge in [-0.2, -0.15) is 0 Å². The summed E-state index contributed by atoms with van der Waals surface area (Å²) in [5.74, 6) is -2.06. The van der Waals surface area contributed by atoms with Crippen LogP contribution in [0.5, 0.6) is 5.75 Å². The van der Waals surface area contributed by atoms with Crippen LogP contribution in [0.15, 0.2) is 76.9 Å². The number of pyridine rings is 1. The predicted molar refractivity (Wildman–Crippen MR) is 137 cm³/mol. The maximum absolute atomic E-state index is 13.3. The number of nitrogens with zero attached hydrogens (tertiary/aromatic N) is 2. The molecule has 1 atom stereocenters. The Morgan fingerprint density at radius 2 is 1.89 bits per heavy atom. The van der Waals surface area contributed by atoms with Crippen LogP contribution in [-0.4, -0.2) is 41.5 Å². The Kier molecular flexibility index (Phi) is 7.49. The molecule has 36 heavy (non-hydrogen) atoms. The second kappa shape index (κ2) is 10.7. The number of ketones is 1. The number of halogens is 1. The average Bonchev–Trinajstić information content (AvgIpc) is 3.17. The van der Waals surface area contributed by atoms with Gasteiger partial charge in [0.15, 0.2) is 0 Å². The SMILES string of the molecule is CCCOC(=O)c1cccc(N2C(=O)C(=O)/C(=C(/O)c3ccc(OC)c(Br)c3)C2c2ccccn2)c1. The van der Waals surface area contributed by atoms with E-state index in [2.05, 4.69) is 20.9 Å². The molecule has 0 bridgehead atoms. The molecule has 1 unspecified atom stereocenters. The molecule has 4 rings (SSSR count). The van der Waals surface area contributed by atoms with E-state index in [0.717, 1.165) is 0 Å². The Labute approximate surface area is 216 Å². The molecule has 9 heteroatoms. The molecule has 1 aliphatic heterocycles. The number of aliphatic hydroxyl groups excluding tert-OH is 1. The van der Waals surface area contributed by atoms with Gasteiger partial charge >= 0.3 is 5.97 Å². The minimum atomic E-state index is -1.02. The van der Waals surface area contributed by atoms with E-state index in [1.54, 1.807) is 54.6 Å². The molecule has 0 aliphatic carbocycles. The third-order valence-electron chi connectivity index (χ3n) is 5.63. The van der Waals surface area contributed by atoms with Gasteiger partial charge in [-0.05, 0) is 70.9 Å². The fourth-order valence-electron chi connectivity index (χ4n) is 3.95. The standard InChI is InChI=1S/C27H23BrN2O6/c1-3-13-36-27(34)17-7-6-8-18(14-17)30-23(20-9-4-5-12-29-20)22(25(32)26(30)33)24(31)16-10-11-21(35-2)19(28)15-16/h4-12,14-15,23,31H,3,13H2,1-2H3/b24-22+. The maximum Gasteiger partial charge on any atom is 0.338 e. The maximum atomic E-state index is 13.3. The van der Waals surface area contributed by atoms with E-state index in [1.807, 2.05) is 6.92 Å². The van der Waals surface area contributed by atoms with Crippen molar-refractivity contribution < 1.29 is 29.0 Å². The molecule has 2 aromatic carbocycles. The molecule has 0 radical (unpaired) electrons. The first-order chi connectivity index (χ1) is 17.4. The van der Waals surface area contributed by atoms with Crippen LogP contribution in [0.25, 0.3) is 5.76 Å². The van der Waals surface area contributed by atoms with Crippen molar-refractivity contribution in [1.29, 1.82) is 0 Å². The predicted octanol–water partition coefficient (Wildman–Crippen LogP) is 5.05. The Bertz CT molecular complexity index is 1360. The third kappa shape index (κ3) is 4.74. The number of methoxy groups -OCH3 is 1. The van der Waals surface area contributed by atoms with E-state index in [1.165, 1.54) is 24.3 Å². The smallest absolute Gasteiger partial charge is 0.338 e. The summed E-state index contributed by atoms with van der Waals surface area (Å²) in [4.78, 5) is 44.6. The van der Waals surface area contributed by atoms with Crippen LogP contribution in [0.1, 0.15) is 41.0 Å². The molecule has 8 nitrogen and oxygen atoms in total. The van der Waals surface area contributed by atoms with Crippen molar-refractivity contribution in [2.75, 3.05) is 18.6 Å². The second-order valence-electron chi connectivity index (χ2n) is 7.96. The number of hydrogen-bond acceptors (Lipinski definition) is 7. The summed E-state index contributed by atoms with van der Waals surface area (Å²) in [6.07, 6.45) is 2.21. The zero-order valence-corrected chi connectivity index (χ0v) is 21.2. The number of esters is 1. The van der Waals surface area contributed by atoms with Gasteiger partial charge in [0.25, 0.3) is 11.7 Å². The van der Waals surface area contributed by atoms with E-state index in [-0.39, 0.29) is 23.5 Å². The summed E-state index contributed by atoms with van der Waals surface area (Å²) in [6, 6.07) is 15.2. The van der Waals surface area contributed by atoms with Gasteiger partial charge < -0.3 is 14.6 Å². The molecule has 1 aliphatic rings. The molecular weight excluding hydrogens is 528 g/mol. The summed E-state index contributed by atoms with van der Waals surface area (Å²) in [5, 5.41) is 11.2. The van der Waals surface area contributed by atoms with Gasteiger partial charge in [0.05, 0.1) is 35.0 Å². The summed E-state index contributed by atoms with van der Waals surface area (Å²) in [5.41, 5.74) is 1.12. The lowest BCUT2D eigenvalue weighted by Crippen LogP contribution is -2.30. The number of carbonyl (C=O) groups excluding carboxylic acids is 3. The minimum Gasteiger partial charge on any atom is -0.507 e. The number of Topliss-reactive ketones (excluding diaryl/α,β-unsaturated/α-hetero) is 1. The number of rotatable bonds is 7.